The first-order valence-corrected chi connectivity index (χ1v) is 7.73. The summed E-state index contributed by atoms with van der Waals surface area (Å²) < 4.78 is 5.21. The molecule has 0 aromatic rings. The quantitative estimate of drug-likeness (QED) is 0.604. The van der Waals surface area contributed by atoms with Gasteiger partial charge in [-0.1, -0.05) is 13.8 Å². The lowest BCUT2D eigenvalue weighted by Gasteiger charge is -2.38. The van der Waals surface area contributed by atoms with E-state index in [1.54, 1.807) is 7.11 Å². The van der Waals surface area contributed by atoms with E-state index in [1.165, 1.54) is 0 Å². The van der Waals surface area contributed by atoms with Gasteiger partial charge in [-0.15, -0.1) is 0 Å². The van der Waals surface area contributed by atoms with Gasteiger partial charge in [0.2, 0.25) is 0 Å². The zero-order chi connectivity index (χ0) is 15.2. The summed E-state index contributed by atoms with van der Waals surface area (Å²) in [5.41, 5.74) is -0.798. The minimum Gasteiger partial charge on any atom is -0.480 e. The van der Waals surface area contributed by atoms with Crippen molar-refractivity contribution >= 4 is 5.97 Å². The zero-order valence-electron chi connectivity index (χ0n) is 13.3. The van der Waals surface area contributed by atoms with Crippen LogP contribution in [0.2, 0.25) is 0 Å². The number of hydrogen-bond donors (Lipinski definition) is 2. The number of nitrogens with zero attached hydrogens (tertiary/aromatic N) is 1. The van der Waals surface area contributed by atoms with Crippen molar-refractivity contribution in [2.75, 3.05) is 33.4 Å². The van der Waals surface area contributed by atoms with E-state index in [0.717, 1.165) is 32.4 Å². The predicted octanol–water partition coefficient (Wildman–Crippen LogP) is 1.58. The smallest absolute Gasteiger partial charge is 0.325 e. The van der Waals surface area contributed by atoms with Gasteiger partial charge in [0.25, 0.3) is 0 Å². The maximum Gasteiger partial charge on any atom is 0.325 e. The van der Waals surface area contributed by atoms with Crippen LogP contribution in [0.3, 0.4) is 0 Å². The molecule has 2 N–H and O–H groups in total. The van der Waals surface area contributed by atoms with Crippen LogP contribution < -0.4 is 5.32 Å². The van der Waals surface area contributed by atoms with Crippen molar-refractivity contribution in [3.05, 3.63) is 0 Å². The maximum absolute atomic E-state index is 11.9. The third kappa shape index (κ3) is 4.17. The van der Waals surface area contributed by atoms with Gasteiger partial charge >= 0.3 is 5.97 Å². The number of ether oxygens (including phenoxy) is 1. The number of rotatable bonds is 11. The second-order valence-electron chi connectivity index (χ2n) is 5.85. The summed E-state index contributed by atoms with van der Waals surface area (Å²) in [7, 11) is 1.69. The zero-order valence-corrected chi connectivity index (χ0v) is 13.3. The van der Waals surface area contributed by atoms with Gasteiger partial charge in [0, 0.05) is 19.7 Å². The van der Waals surface area contributed by atoms with Gasteiger partial charge in [-0.3, -0.25) is 9.69 Å². The molecule has 0 aromatic carbocycles. The molecule has 5 heteroatoms. The van der Waals surface area contributed by atoms with Crippen LogP contribution >= 0.6 is 0 Å². The Labute approximate surface area is 122 Å². The SMILES string of the molecule is CCCNC(CN(CC)C(C)COC)(C(=O)O)C1CC1. The third-order valence-corrected chi connectivity index (χ3v) is 4.24. The molecule has 0 radical (unpaired) electrons. The van der Waals surface area contributed by atoms with Crippen molar-refractivity contribution < 1.29 is 14.6 Å². The first kappa shape index (κ1) is 17.4. The molecule has 0 aromatic heterocycles. The molecule has 1 aliphatic carbocycles. The Morgan fingerprint density at radius 1 is 1.50 bits per heavy atom. The first-order valence-electron chi connectivity index (χ1n) is 7.73. The van der Waals surface area contributed by atoms with E-state index in [4.69, 9.17) is 4.74 Å². The molecular weight excluding hydrogens is 256 g/mol. The molecule has 0 spiro atoms. The Balaban J connectivity index is 2.83. The summed E-state index contributed by atoms with van der Waals surface area (Å²) in [6.45, 7) is 8.99. The molecule has 1 rings (SSSR count). The molecule has 2 unspecified atom stereocenters. The summed E-state index contributed by atoms with van der Waals surface area (Å²) in [5.74, 6) is -0.452. The molecule has 0 aliphatic heterocycles. The van der Waals surface area contributed by atoms with Gasteiger partial charge in [-0.25, -0.2) is 0 Å². The lowest BCUT2D eigenvalue weighted by Crippen LogP contribution is -2.62. The molecule has 1 aliphatic rings. The highest BCUT2D eigenvalue weighted by atomic mass is 16.5. The van der Waals surface area contributed by atoms with Crippen LogP contribution in [0.4, 0.5) is 0 Å². The summed E-state index contributed by atoms with van der Waals surface area (Å²) in [6.07, 6.45) is 2.97. The molecule has 1 saturated carbocycles. The number of aliphatic carboxylic acids is 1. The first-order chi connectivity index (χ1) is 9.51. The number of methoxy groups -OCH3 is 1. The number of carboxylic acids is 1. The van der Waals surface area contributed by atoms with Crippen molar-refractivity contribution in [1.82, 2.24) is 10.2 Å². The van der Waals surface area contributed by atoms with Crippen molar-refractivity contribution in [2.45, 2.75) is 51.6 Å². The van der Waals surface area contributed by atoms with E-state index < -0.39 is 11.5 Å². The third-order valence-electron chi connectivity index (χ3n) is 4.24. The fourth-order valence-electron chi connectivity index (χ4n) is 2.82. The van der Waals surface area contributed by atoms with Gasteiger partial charge in [0.15, 0.2) is 0 Å². The average Bonchev–Trinajstić information content (AvgIpc) is 3.24. The lowest BCUT2D eigenvalue weighted by atomic mass is 9.91. The minimum atomic E-state index is -0.798. The van der Waals surface area contributed by atoms with E-state index >= 15 is 0 Å². The minimum absolute atomic E-state index is 0.228. The molecule has 2 atom stereocenters. The molecule has 118 valence electrons. The van der Waals surface area contributed by atoms with E-state index in [2.05, 4.69) is 31.0 Å². The molecule has 20 heavy (non-hydrogen) atoms. The second kappa shape index (κ2) is 7.96. The van der Waals surface area contributed by atoms with E-state index in [0.29, 0.717) is 13.2 Å². The Morgan fingerprint density at radius 3 is 2.55 bits per heavy atom. The largest absolute Gasteiger partial charge is 0.480 e. The molecule has 5 nitrogen and oxygen atoms in total. The number of carboxylic acid groups (broad SMARTS) is 1. The second-order valence-corrected chi connectivity index (χ2v) is 5.85. The van der Waals surface area contributed by atoms with E-state index in [1.807, 2.05) is 0 Å². The molecule has 0 saturated heterocycles. The Hall–Kier alpha value is -0.650. The highest BCUT2D eigenvalue weighted by molar-refractivity contribution is 5.80. The van der Waals surface area contributed by atoms with Crippen molar-refractivity contribution in [3.8, 4) is 0 Å². The monoisotopic (exact) mass is 286 g/mol. The van der Waals surface area contributed by atoms with Crippen LogP contribution in [-0.2, 0) is 9.53 Å². The molecule has 0 heterocycles. The maximum atomic E-state index is 11.9. The predicted molar refractivity (Wildman–Crippen MR) is 80.0 cm³/mol. The van der Waals surface area contributed by atoms with Crippen molar-refractivity contribution in [1.29, 1.82) is 0 Å². The van der Waals surface area contributed by atoms with Crippen molar-refractivity contribution in [2.24, 2.45) is 5.92 Å². The Kier molecular flexibility index (Phi) is 6.92. The summed E-state index contributed by atoms with van der Waals surface area (Å²) in [4.78, 5) is 14.1. The van der Waals surface area contributed by atoms with Crippen LogP contribution in [-0.4, -0.2) is 60.9 Å². The normalized spacial score (nSPS) is 19.9. The van der Waals surface area contributed by atoms with Crippen LogP contribution in [0.15, 0.2) is 0 Å². The fourth-order valence-corrected chi connectivity index (χ4v) is 2.82. The van der Waals surface area contributed by atoms with Crippen LogP contribution in [0.5, 0.6) is 0 Å². The molecule has 1 fully saturated rings. The number of hydrogen-bond acceptors (Lipinski definition) is 4. The standard InChI is InChI=1S/C15H30N2O3/c1-5-9-16-15(14(18)19,13-7-8-13)11-17(6-2)12(3)10-20-4/h12-13,16H,5-11H2,1-4H3,(H,18,19). The van der Waals surface area contributed by atoms with Gasteiger partial charge in [0.05, 0.1) is 6.61 Å². The molecule has 0 amide bonds. The van der Waals surface area contributed by atoms with Crippen LogP contribution in [0.25, 0.3) is 0 Å². The fraction of sp³-hybridized carbons (Fsp3) is 0.933. The summed E-state index contributed by atoms with van der Waals surface area (Å²) in [5, 5.41) is 13.1. The number of likely N-dealkylation sites (N-methyl/N-ethyl adjacent to an activating group) is 1. The molecular formula is C15H30N2O3. The number of carbonyl (C=O) groups is 1. The summed E-state index contributed by atoms with van der Waals surface area (Å²) >= 11 is 0. The topological polar surface area (TPSA) is 61.8 Å². The van der Waals surface area contributed by atoms with Gasteiger partial charge in [-0.05, 0) is 45.2 Å². The Bertz CT molecular complexity index is 307. The number of nitrogens with one attached hydrogen (secondary N) is 1. The van der Waals surface area contributed by atoms with Gasteiger partial charge < -0.3 is 15.2 Å². The Morgan fingerprint density at radius 2 is 2.15 bits per heavy atom. The van der Waals surface area contributed by atoms with Gasteiger partial charge in [-0.2, -0.15) is 0 Å². The van der Waals surface area contributed by atoms with Crippen LogP contribution in [0, 0.1) is 5.92 Å². The highest BCUT2D eigenvalue weighted by Crippen LogP contribution is 2.40. The highest BCUT2D eigenvalue weighted by Gasteiger charge is 2.51. The van der Waals surface area contributed by atoms with Crippen molar-refractivity contribution in [3.63, 3.8) is 0 Å². The van der Waals surface area contributed by atoms with E-state index in [-0.39, 0.29) is 12.0 Å². The van der Waals surface area contributed by atoms with Crippen LogP contribution in [0.1, 0.15) is 40.0 Å². The lowest BCUT2D eigenvalue weighted by molar-refractivity contribution is -0.147. The summed E-state index contributed by atoms with van der Waals surface area (Å²) in [6, 6.07) is 0.228. The van der Waals surface area contributed by atoms with Gasteiger partial charge in [0.1, 0.15) is 5.54 Å². The molecule has 0 bridgehead atoms. The average molecular weight is 286 g/mol. The van der Waals surface area contributed by atoms with E-state index in [9.17, 15) is 9.90 Å².